The van der Waals surface area contributed by atoms with E-state index in [4.69, 9.17) is 4.74 Å². The summed E-state index contributed by atoms with van der Waals surface area (Å²) < 4.78 is 5.58. The van der Waals surface area contributed by atoms with Gasteiger partial charge in [-0.2, -0.15) is 0 Å². The van der Waals surface area contributed by atoms with Crippen molar-refractivity contribution in [2.45, 2.75) is 45.3 Å². The van der Waals surface area contributed by atoms with Crippen LogP contribution < -0.4 is 10.6 Å². The van der Waals surface area contributed by atoms with Crippen molar-refractivity contribution in [2.24, 2.45) is 11.8 Å². The molecular formula is C13H24N2O2. The molecule has 4 heteroatoms. The number of piperidine rings is 1. The molecule has 0 radical (unpaired) electrons. The van der Waals surface area contributed by atoms with E-state index in [9.17, 15) is 4.79 Å². The number of hydrogen-bond donors (Lipinski definition) is 2. The molecule has 1 amide bonds. The van der Waals surface area contributed by atoms with Crippen LogP contribution in [0.4, 0.5) is 0 Å². The smallest absolute Gasteiger partial charge is 0.226 e. The van der Waals surface area contributed by atoms with Gasteiger partial charge in [-0.25, -0.2) is 0 Å². The third kappa shape index (κ3) is 2.99. The van der Waals surface area contributed by atoms with E-state index in [0.717, 1.165) is 39.0 Å². The van der Waals surface area contributed by atoms with Crippen LogP contribution in [0, 0.1) is 11.8 Å². The normalized spacial score (nSPS) is 38.0. The number of hydrogen-bond acceptors (Lipinski definition) is 3. The summed E-state index contributed by atoms with van der Waals surface area (Å²) in [5, 5.41) is 6.53. The van der Waals surface area contributed by atoms with Crippen LogP contribution in [0.3, 0.4) is 0 Å². The fourth-order valence-electron chi connectivity index (χ4n) is 2.82. The first-order chi connectivity index (χ1) is 8.22. The topological polar surface area (TPSA) is 50.4 Å². The Morgan fingerprint density at radius 1 is 1.47 bits per heavy atom. The molecule has 0 aromatic rings. The van der Waals surface area contributed by atoms with E-state index in [2.05, 4.69) is 24.5 Å². The first-order valence-corrected chi connectivity index (χ1v) is 6.85. The van der Waals surface area contributed by atoms with Crippen molar-refractivity contribution in [3.05, 3.63) is 0 Å². The van der Waals surface area contributed by atoms with Crippen molar-refractivity contribution < 1.29 is 9.53 Å². The second-order valence-electron chi connectivity index (χ2n) is 5.30. The number of ether oxygens (including phenoxy) is 1. The predicted molar refractivity (Wildman–Crippen MR) is 66.7 cm³/mol. The molecule has 4 atom stereocenters. The lowest BCUT2D eigenvalue weighted by Gasteiger charge is -2.31. The molecule has 2 fully saturated rings. The molecule has 98 valence electrons. The Morgan fingerprint density at radius 3 is 3.00 bits per heavy atom. The van der Waals surface area contributed by atoms with Gasteiger partial charge in [-0.1, -0.05) is 13.8 Å². The predicted octanol–water partition coefficient (Wildman–Crippen LogP) is 0.916. The third-order valence-electron chi connectivity index (χ3n) is 4.10. The van der Waals surface area contributed by atoms with Crippen molar-refractivity contribution in [1.82, 2.24) is 10.6 Å². The van der Waals surface area contributed by atoms with Crippen LogP contribution in [-0.2, 0) is 9.53 Å². The van der Waals surface area contributed by atoms with Gasteiger partial charge in [-0.3, -0.25) is 4.79 Å². The minimum atomic E-state index is 0.0640. The van der Waals surface area contributed by atoms with Crippen LogP contribution in [0.15, 0.2) is 0 Å². The quantitative estimate of drug-likeness (QED) is 0.771. The maximum atomic E-state index is 12.2. The Balaban J connectivity index is 1.87. The SMILES string of the molecule is CCC1OCCC1C(=O)NC1CNCCC1C. The molecule has 2 aliphatic heterocycles. The molecule has 4 nitrogen and oxygen atoms in total. The van der Waals surface area contributed by atoms with Gasteiger partial charge in [0, 0.05) is 19.2 Å². The Morgan fingerprint density at radius 2 is 2.29 bits per heavy atom. The van der Waals surface area contributed by atoms with Crippen LogP contribution in [-0.4, -0.2) is 37.7 Å². The molecule has 2 heterocycles. The molecule has 0 aliphatic carbocycles. The minimum Gasteiger partial charge on any atom is -0.377 e. The molecular weight excluding hydrogens is 216 g/mol. The van der Waals surface area contributed by atoms with Crippen molar-refractivity contribution in [3.63, 3.8) is 0 Å². The molecule has 0 aromatic heterocycles. The molecule has 2 saturated heterocycles. The molecule has 2 aliphatic rings. The first-order valence-electron chi connectivity index (χ1n) is 6.85. The second-order valence-corrected chi connectivity index (χ2v) is 5.30. The van der Waals surface area contributed by atoms with Gasteiger partial charge < -0.3 is 15.4 Å². The maximum Gasteiger partial charge on any atom is 0.226 e. The largest absolute Gasteiger partial charge is 0.377 e. The summed E-state index contributed by atoms with van der Waals surface area (Å²) >= 11 is 0. The molecule has 0 bridgehead atoms. The molecule has 2 N–H and O–H groups in total. The summed E-state index contributed by atoms with van der Waals surface area (Å²) in [7, 11) is 0. The van der Waals surface area contributed by atoms with E-state index in [0.29, 0.717) is 5.92 Å². The zero-order valence-electron chi connectivity index (χ0n) is 10.9. The standard InChI is InChI=1S/C13H24N2O2/c1-3-12-10(5-7-17-12)13(16)15-11-8-14-6-4-9(11)2/h9-12,14H,3-8H2,1-2H3,(H,15,16). The van der Waals surface area contributed by atoms with Gasteiger partial charge in [0.2, 0.25) is 5.91 Å². The Kier molecular flexibility index (Phi) is 4.40. The lowest BCUT2D eigenvalue weighted by molar-refractivity contribution is -0.127. The highest BCUT2D eigenvalue weighted by molar-refractivity contribution is 5.79. The van der Waals surface area contributed by atoms with Crippen molar-refractivity contribution in [2.75, 3.05) is 19.7 Å². The van der Waals surface area contributed by atoms with Gasteiger partial charge >= 0.3 is 0 Å². The lowest BCUT2D eigenvalue weighted by atomic mass is 9.92. The van der Waals surface area contributed by atoms with Crippen molar-refractivity contribution in [3.8, 4) is 0 Å². The fraction of sp³-hybridized carbons (Fsp3) is 0.923. The van der Waals surface area contributed by atoms with Crippen LogP contribution in [0.2, 0.25) is 0 Å². The molecule has 17 heavy (non-hydrogen) atoms. The van der Waals surface area contributed by atoms with Crippen LogP contribution in [0.25, 0.3) is 0 Å². The fourth-order valence-corrected chi connectivity index (χ4v) is 2.82. The van der Waals surface area contributed by atoms with Gasteiger partial charge in [0.05, 0.1) is 12.0 Å². The van der Waals surface area contributed by atoms with Gasteiger partial charge in [0.1, 0.15) is 0 Å². The number of nitrogens with one attached hydrogen (secondary N) is 2. The number of amides is 1. The van der Waals surface area contributed by atoms with Gasteiger partial charge in [0.15, 0.2) is 0 Å². The van der Waals surface area contributed by atoms with Crippen molar-refractivity contribution >= 4 is 5.91 Å². The minimum absolute atomic E-state index is 0.0640. The van der Waals surface area contributed by atoms with Crippen LogP contribution in [0.1, 0.15) is 33.1 Å². The zero-order valence-corrected chi connectivity index (χ0v) is 10.9. The summed E-state index contributed by atoms with van der Waals surface area (Å²) in [6.45, 7) is 7.00. The average Bonchev–Trinajstić information content (AvgIpc) is 2.80. The zero-order chi connectivity index (χ0) is 12.3. The van der Waals surface area contributed by atoms with E-state index in [-0.39, 0.29) is 24.0 Å². The van der Waals surface area contributed by atoms with Crippen LogP contribution in [0.5, 0.6) is 0 Å². The van der Waals surface area contributed by atoms with E-state index >= 15 is 0 Å². The highest BCUT2D eigenvalue weighted by atomic mass is 16.5. The first kappa shape index (κ1) is 12.8. The van der Waals surface area contributed by atoms with Gasteiger partial charge in [-0.15, -0.1) is 0 Å². The van der Waals surface area contributed by atoms with E-state index < -0.39 is 0 Å². The van der Waals surface area contributed by atoms with Gasteiger partial charge in [0.25, 0.3) is 0 Å². The summed E-state index contributed by atoms with van der Waals surface area (Å²) in [6, 6.07) is 0.286. The number of carbonyl (C=O) groups excluding carboxylic acids is 1. The summed E-state index contributed by atoms with van der Waals surface area (Å²) in [5.74, 6) is 0.826. The maximum absolute atomic E-state index is 12.2. The highest BCUT2D eigenvalue weighted by Crippen LogP contribution is 2.24. The molecule has 4 unspecified atom stereocenters. The van der Waals surface area contributed by atoms with Crippen LogP contribution >= 0.6 is 0 Å². The Hall–Kier alpha value is -0.610. The Bertz CT molecular complexity index is 270. The molecule has 0 aromatic carbocycles. The Labute approximate surface area is 103 Å². The summed E-state index contributed by atoms with van der Waals surface area (Å²) in [4.78, 5) is 12.2. The molecule has 2 rings (SSSR count). The summed E-state index contributed by atoms with van der Waals surface area (Å²) in [6.07, 6.45) is 3.07. The highest BCUT2D eigenvalue weighted by Gasteiger charge is 2.34. The molecule has 0 spiro atoms. The lowest BCUT2D eigenvalue weighted by Crippen LogP contribution is -2.52. The van der Waals surface area contributed by atoms with Crippen molar-refractivity contribution in [1.29, 1.82) is 0 Å². The monoisotopic (exact) mass is 240 g/mol. The average molecular weight is 240 g/mol. The van der Waals surface area contributed by atoms with Gasteiger partial charge in [-0.05, 0) is 31.7 Å². The van der Waals surface area contributed by atoms with E-state index in [1.54, 1.807) is 0 Å². The van der Waals surface area contributed by atoms with E-state index in [1.807, 2.05) is 0 Å². The molecule has 0 saturated carbocycles. The second kappa shape index (κ2) is 5.83. The third-order valence-corrected chi connectivity index (χ3v) is 4.10. The number of rotatable bonds is 3. The van der Waals surface area contributed by atoms with E-state index in [1.165, 1.54) is 0 Å². The number of carbonyl (C=O) groups is 1. The summed E-state index contributed by atoms with van der Waals surface area (Å²) in [5.41, 5.74) is 0.